The number of carbonyl (C=O) groups is 2. The predicted octanol–water partition coefficient (Wildman–Crippen LogP) is 1.95. The highest BCUT2D eigenvalue weighted by atomic mass is 32.2. The molecule has 0 saturated carbocycles. The van der Waals surface area contributed by atoms with Gasteiger partial charge in [-0.05, 0) is 37.3 Å². The molecule has 10 heteroatoms. The van der Waals surface area contributed by atoms with Crippen LogP contribution in [0.3, 0.4) is 0 Å². The van der Waals surface area contributed by atoms with E-state index < -0.39 is 21.9 Å². The van der Waals surface area contributed by atoms with Gasteiger partial charge in [0.15, 0.2) is 18.1 Å². The number of fused-ring (bicyclic) bond motifs is 1. The van der Waals surface area contributed by atoms with E-state index in [0.29, 0.717) is 50.0 Å². The van der Waals surface area contributed by atoms with Gasteiger partial charge >= 0.3 is 5.97 Å². The van der Waals surface area contributed by atoms with E-state index in [-0.39, 0.29) is 30.5 Å². The Hall–Kier alpha value is -2.33. The van der Waals surface area contributed by atoms with Crippen molar-refractivity contribution in [1.29, 1.82) is 0 Å². The van der Waals surface area contributed by atoms with Gasteiger partial charge in [-0.15, -0.1) is 0 Å². The fourth-order valence-electron chi connectivity index (χ4n) is 3.59. The summed E-state index contributed by atoms with van der Waals surface area (Å²) in [6.07, 6.45) is 2.28. The van der Waals surface area contributed by atoms with Gasteiger partial charge in [-0.3, -0.25) is 9.59 Å². The Labute approximate surface area is 189 Å². The number of esters is 1. The second-order valence-corrected chi connectivity index (χ2v) is 10.4. The highest BCUT2D eigenvalue weighted by Gasteiger charge is 2.33. The number of hydrogen-bond acceptors (Lipinski definition) is 7. The van der Waals surface area contributed by atoms with Crippen molar-refractivity contribution in [2.45, 2.75) is 44.4 Å². The Morgan fingerprint density at radius 3 is 2.53 bits per heavy atom. The molecule has 2 aliphatic rings. The van der Waals surface area contributed by atoms with E-state index in [1.54, 1.807) is 6.07 Å². The Balaban J connectivity index is 1.50. The van der Waals surface area contributed by atoms with Crippen LogP contribution in [0.1, 0.15) is 39.5 Å². The first-order valence-electron chi connectivity index (χ1n) is 11.1. The van der Waals surface area contributed by atoms with Gasteiger partial charge in [-0.2, -0.15) is 4.31 Å². The van der Waals surface area contributed by atoms with Gasteiger partial charge in [0.05, 0.1) is 24.0 Å². The number of ether oxygens (including phenoxy) is 3. The number of benzene rings is 1. The molecule has 9 nitrogen and oxygen atoms in total. The number of carbonyl (C=O) groups excluding carboxylic acids is 2. The Kier molecular flexibility index (Phi) is 8.36. The monoisotopic (exact) mass is 468 g/mol. The van der Waals surface area contributed by atoms with Crippen LogP contribution in [0, 0.1) is 11.8 Å². The first-order chi connectivity index (χ1) is 15.3. The molecule has 2 aliphatic heterocycles. The predicted molar refractivity (Wildman–Crippen MR) is 117 cm³/mol. The van der Waals surface area contributed by atoms with Crippen LogP contribution in [0.2, 0.25) is 0 Å². The van der Waals surface area contributed by atoms with Crippen LogP contribution in [0.4, 0.5) is 0 Å². The standard InChI is InChI=1S/C22H32N2O7S/c1-16(2)6-9-23-21(25)15-31-22(26)17-7-10-24(11-8-17)32(27,28)18-4-5-19-20(14-18)30-13-3-12-29-19/h4-5,14,16-17H,3,6-13,15H2,1-2H3,(H,23,25). The maximum atomic E-state index is 13.1. The summed E-state index contributed by atoms with van der Waals surface area (Å²) < 4.78 is 43.8. The Morgan fingerprint density at radius 1 is 1.16 bits per heavy atom. The highest BCUT2D eigenvalue weighted by molar-refractivity contribution is 7.89. The van der Waals surface area contributed by atoms with Crippen molar-refractivity contribution >= 4 is 21.9 Å². The molecule has 0 aliphatic carbocycles. The summed E-state index contributed by atoms with van der Waals surface area (Å²) in [6.45, 7) is 5.77. The molecule has 1 amide bonds. The van der Waals surface area contributed by atoms with E-state index >= 15 is 0 Å². The molecule has 1 aromatic carbocycles. The quantitative estimate of drug-likeness (QED) is 0.581. The summed E-state index contributed by atoms with van der Waals surface area (Å²) in [5.74, 6) is 0.231. The van der Waals surface area contributed by atoms with Crippen molar-refractivity contribution in [2.24, 2.45) is 11.8 Å². The van der Waals surface area contributed by atoms with E-state index in [0.717, 1.165) is 12.8 Å². The van der Waals surface area contributed by atoms with Crippen molar-refractivity contribution in [3.8, 4) is 11.5 Å². The Morgan fingerprint density at radius 2 is 1.84 bits per heavy atom. The minimum Gasteiger partial charge on any atom is -0.490 e. The molecule has 3 rings (SSSR count). The van der Waals surface area contributed by atoms with Gasteiger partial charge < -0.3 is 19.5 Å². The molecular formula is C22H32N2O7S. The summed E-state index contributed by atoms with van der Waals surface area (Å²) in [6, 6.07) is 4.62. The van der Waals surface area contributed by atoms with Gasteiger partial charge in [0.25, 0.3) is 5.91 Å². The molecule has 178 valence electrons. The normalized spacial score (nSPS) is 17.6. The number of amides is 1. The molecule has 0 radical (unpaired) electrons. The van der Waals surface area contributed by atoms with Gasteiger partial charge in [0.2, 0.25) is 10.0 Å². The minimum atomic E-state index is -3.72. The van der Waals surface area contributed by atoms with Crippen LogP contribution < -0.4 is 14.8 Å². The van der Waals surface area contributed by atoms with Crippen LogP contribution in [0.5, 0.6) is 11.5 Å². The van der Waals surface area contributed by atoms with Crippen molar-refractivity contribution in [3.63, 3.8) is 0 Å². The van der Waals surface area contributed by atoms with Crippen LogP contribution in [0.25, 0.3) is 0 Å². The van der Waals surface area contributed by atoms with E-state index in [2.05, 4.69) is 19.2 Å². The summed E-state index contributed by atoms with van der Waals surface area (Å²) >= 11 is 0. The fourth-order valence-corrected chi connectivity index (χ4v) is 5.08. The first-order valence-corrected chi connectivity index (χ1v) is 12.5. The van der Waals surface area contributed by atoms with Crippen LogP contribution in [-0.2, 0) is 24.3 Å². The number of piperidine rings is 1. The molecule has 0 atom stereocenters. The summed E-state index contributed by atoms with van der Waals surface area (Å²) in [5, 5.41) is 2.72. The zero-order chi connectivity index (χ0) is 23.1. The average molecular weight is 469 g/mol. The smallest absolute Gasteiger partial charge is 0.309 e. The largest absolute Gasteiger partial charge is 0.490 e. The number of rotatable bonds is 8. The highest BCUT2D eigenvalue weighted by Crippen LogP contribution is 2.33. The second-order valence-electron chi connectivity index (χ2n) is 8.48. The van der Waals surface area contributed by atoms with Crippen LogP contribution >= 0.6 is 0 Å². The number of sulfonamides is 1. The van der Waals surface area contributed by atoms with Crippen molar-refractivity contribution in [1.82, 2.24) is 9.62 Å². The molecule has 1 N–H and O–H groups in total. The molecule has 0 aromatic heterocycles. The fraction of sp³-hybridized carbons (Fsp3) is 0.636. The van der Waals surface area contributed by atoms with E-state index in [4.69, 9.17) is 14.2 Å². The first kappa shape index (κ1) is 24.3. The topological polar surface area (TPSA) is 111 Å². The average Bonchev–Trinajstić information content (AvgIpc) is 3.02. The van der Waals surface area contributed by atoms with Gasteiger partial charge in [-0.25, -0.2) is 8.42 Å². The van der Waals surface area contributed by atoms with Gasteiger partial charge in [0.1, 0.15) is 0 Å². The van der Waals surface area contributed by atoms with E-state index in [1.165, 1.54) is 16.4 Å². The van der Waals surface area contributed by atoms with E-state index in [1.807, 2.05) is 0 Å². The lowest BCUT2D eigenvalue weighted by atomic mass is 9.98. The van der Waals surface area contributed by atoms with Crippen LogP contribution in [0.15, 0.2) is 23.1 Å². The summed E-state index contributed by atoms with van der Waals surface area (Å²) in [5.41, 5.74) is 0. The molecule has 0 bridgehead atoms. The lowest BCUT2D eigenvalue weighted by molar-refractivity contribution is -0.153. The SMILES string of the molecule is CC(C)CCNC(=O)COC(=O)C1CCN(S(=O)(=O)c2ccc3c(c2)OCCCO3)CC1. The van der Waals surface area contributed by atoms with Gasteiger partial charge in [-0.1, -0.05) is 13.8 Å². The molecule has 2 heterocycles. The van der Waals surface area contributed by atoms with Crippen molar-refractivity contribution < 1.29 is 32.2 Å². The summed E-state index contributed by atoms with van der Waals surface area (Å²) in [4.78, 5) is 24.2. The number of hydrogen-bond donors (Lipinski definition) is 1. The van der Waals surface area contributed by atoms with Gasteiger partial charge in [0, 0.05) is 32.1 Å². The second kappa shape index (κ2) is 11.0. The lowest BCUT2D eigenvalue weighted by Crippen LogP contribution is -2.41. The molecule has 1 aromatic rings. The third-order valence-electron chi connectivity index (χ3n) is 5.53. The molecule has 1 fully saturated rings. The van der Waals surface area contributed by atoms with E-state index in [9.17, 15) is 18.0 Å². The maximum Gasteiger partial charge on any atom is 0.309 e. The minimum absolute atomic E-state index is 0.140. The number of nitrogens with zero attached hydrogens (tertiary/aromatic N) is 1. The van der Waals surface area contributed by atoms with Crippen molar-refractivity contribution in [2.75, 3.05) is 39.5 Å². The molecule has 0 spiro atoms. The third kappa shape index (κ3) is 6.35. The molecular weight excluding hydrogens is 436 g/mol. The molecule has 1 saturated heterocycles. The zero-order valence-corrected chi connectivity index (χ0v) is 19.5. The zero-order valence-electron chi connectivity index (χ0n) is 18.7. The molecule has 32 heavy (non-hydrogen) atoms. The van der Waals surface area contributed by atoms with Crippen LogP contribution in [-0.4, -0.2) is 64.1 Å². The third-order valence-corrected chi connectivity index (χ3v) is 7.43. The summed E-state index contributed by atoms with van der Waals surface area (Å²) in [7, 11) is -3.72. The number of nitrogens with one attached hydrogen (secondary N) is 1. The molecule has 0 unspecified atom stereocenters. The lowest BCUT2D eigenvalue weighted by Gasteiger charge is -2.30. The maximum absolute atomic E-state index is 13.1. The van der Waals surface area contributed by atoms with Crippen molar-refractivity contribution in [3.05, 3.63) is 18.2 Å². The Bertz CT molecular complexity index is 909.